The van der Waals surface area contributed by atoms with Crippen LogP contribution in [0.1, 0.15) is 34.5 Å². The van der Waals surface area contributed by atoms with Gasteiger partial charge in [-0.2, -0.15) is 0 Å². The number of anilines is 1. The van der Waals surface area contributed by atoms with Crippen LogP contribution >= 0.6 is 0 Å². The van der Waals surface area contributed by atoms with Gasteiger partial charge in [0.15, 0.2) is 0 Å². The van der Waals surface area contributed by atoms with Crippen molar-refractivity contribution >= 4 is 22.6 Å². The fourth-order valence-electron chi connectivity index (χ4n) is 3.38. The van der Waals surface area contributed by atoms with Crippen LogP contribution in [0.3, 0.4) is 0 Å². The molecule has 150 valence electrons. The number of nitrogens with one attached hydrogen (secondary N) is 1. The van der Waals surface area contributed by atoms with Crippen LogP contribution < -0.4 is 10.1 Å². The number of hydrogen-bond donors (Lipinski definition) is 2. The van der Waals surface area contributed by atoms with Gasteiger partial charge in [-0.05, 0) is 60.7 Å². The molecule has 1 aromatic heterocycles. The highest BCUT2D eigenvalue weighted by Crippen LogP contribution is 2.36. The van der Waals surface area contributed by atoms with Crippen LogP contribution in [-0.4, -0.2) is 16.1 Å². The molecule has 5 nitrogen and oxygen atoms in total. The van der Waals surface area contributed by atoms with Gasteiger partial charge in [0.05, 0.1) is 10.9 Å². The Bertz CT molecular complexity index is 1200. The number of carboxylic acid groups (broad SMARTS) is 1. The fourth-order valence-corrected chi connectivity index (χ4v) is 3.38. The van der Waals surface area contributed by atoms with Gasteiger partial charge in [0, 0.05) is 12.2 Å². The van der Waals surface area contributed by atoms with Crippen molar-refractivity contribution in [3.05, 3.63) is 95.7 Å². The Labute approximate surface area is 175 Å². The van der Waals surface area contributed by atoms with E-state index in [2.05, 4.69) is 10.3 Å². The van der Waals surface area contributed by atoms with Crippen LogP contribution in [0.2, 0.25) is 0 Å². The predicted molar refractivity (Wildman–Crippen MR) is 118 cm³/mol. The molecule has 0 fully saturated rings. The Morgan fingerprint density at radius 1 is 0.967 bits per heavy atom. The smallest absolute Gasteiger partial charge is 0.335 e. The van der Waals surface area contributed by atoms with E-state index in [0.717, 1.165) is 33.4 Å². The zero-order valence-electron chi connectivity index (χ0n) is 16.8. The number of carbonyl (C=O) groups is 1. The van der Waals surface area contributed by atoms with Crippen molar-refractivity contribution in [2.45, 2.75) is 19.9 Å². The molecule has 1 atom stereocenters. The summed E-state index contributed by atoms with van der Waals surface area (Å²) in [4.78, 5) is 15.6. The van der Waals surface area contributed by atoms with Gasteiger partial charge in [0.25, 0.3) is 0 Å². The maximum atomic E-state index is 11.1. The van der Waals surface area contributed by atoms with Gasteiger partial charge in [-0.1, -0.05) is 42.5 Å². The monoisotopic (exact) mass is 398 g/mol. The second-order valence-electron chi connectivity index (χ2n) is 7.17. The summed E-state index contributed by atoms with van der Waals surface area (Å²) in [5.74, 6) is 1.31. The normalized spacial score (nSPS) is 11.8. The molecule has 2 N–H and O–H groups in total. The first kappa shape index (κ1) is 19.5. The molecule has 30 heavy (non-hydrogen) atoms. The maximum absolute atomic E-state index is 11.1. The summed E-state index contributed by atoms with van der Waals surface area (Å²) < 4.78 is 6.25. The highest BCUT2D eigenvalue weighted by molar-refractivity contribution is 5.97. The number of nitrogens with zero attached hydrogens (tertiary/aromatic N) is 1. The number of aromatic carboxylic acids is 1. The minimum atomic E-state index is -0.934. The maximum Gasteiger partial charge on any atom is 0.335 e. The summed E-state index contributed by atoms with van der Waals surface area (Å²) in [6, 6.07) is 22.6. The number of benzene rings is 3. The van der Waals surface area contributed by atoms with E-state index < -0.39 is 5.97 Å². The minimum absolute atomic E-state index is 0.0718. The summed E-state index contributed by atoms with van der Waals surface area (Å²) in [5.41, 5.74) is 2.29. The second kappa shape index (κ2) is 8.25. The largest absolute Gasteiger partial charge is 0.478 e. The van der Waals surface area contributed by atoms with Crippen LogP contribution in [0.4, 0.5) is 5.82 Å². The molecule has 0 aliphatic heterocycles. The number of ether oxygens (including phenoxy) is 1. The lowest BCUT2D eigenvalue weighted by molar-refractivity contribution is 0.0697. The van der Waals surface area contributed by atoms with Crippen molar-refractivity contribution in [2.75, 3.05) is 5.32 Å². The predicted octanol–water partition coefficient (Wildman–Crippen LogP) is 6.21. The van der Waals surface area contributed by atoms with Crippen molar-refractivity contribution in [3.63, 3.8) is 0 Å². The van der Waals surface area contributed by atoms with E-state index in [4.69, 9.17) is 9.84 Å². The SMILES string of the molecule is Cc1ccccc1Oc1cccc2ccnc(N[C@@H](C)c3ccc(C(=O)O)cc3)c12. The van der Waals surface area contributed by atoms with Crippen LogP contribution in [0.5, 0.6) is 11.5 Å². The lowest BCUT2D eigenvalue weighted by Crippen LogP contribution is -2.09. The molecule has 0 amide bonds. The van der Waals surface area contributed by atoms with E-state index in [-0.39, 0.29) is 11.6 Å². The van der Waals surface area contributed by atoms with E-state index in [1.807, 2.05) is 74.5 Å². The van der Waals surface area contributed by atoms with Gasteiger partial charge in [0.2, 0.25) is 0 Å². The first-order valence-corrected chi connectivity index (χ1v) is 9.74. The topological polar surface area (TPSA) is 71.5 Å². The minimum Gasteiger partial charge on any atom is -0.478 e. The standard InChI is InChI=1S/C25H22N2O3/c1-16-6-3-4-8-21(16)30-22-9-5-7-19-14-15-26-24(23(19)22)27-17(2)18-10-12-20(13-11-18)25(28)29/h3-15,17H,1-2H3,(H,26,27)(H,28,29)/t17-/m0/s1. The van der Waals surface area contributed by atoms with Crippen LogP contribution in [0.15, 0.2) is 79.0 Å². The molecular weight excluding hydrogens is 376 g/mol. The average Bonchev–Trinajstić information content (AvgIpc) is 2.75. The van der Waals surface area contributed by atoms with Crippen LogP contribution in [0.25, 0.3) is 10.8 Å². The van der Waals surface area contributed by atoms with Crippen molar-refractivity contribution in [3.8, 4) is 11.5 Å². The van der Waals surface area contributed by atoms with E-state index >= 15 is 0 Å². The summed E-state index contributed by atoms with van der Waals surface area (Å²) in [5, 5.41) is 14.5. The summed E-state index contributed by atoms with van der Waals surface area (Å²) >= 11 is 0. The number of para-hydroxylation sites is 1. The second-order valence-corrected chi connectivity index (χ2v) is 7.17. The van der Waals surface area contributed by atoms with Crippen LogP contribution in [0, 0.1) is 6.92 Å². The third kappa shape index (κ3) is 3.96. The zero-order chi connectivity index (χ0) is 21.1. The third-order valence-corrected chi connectivity index (χ3v) is 5.08. The molecule has 5 heteroatoms. The zero-order valence-corrected chi connectivity index (χ0v) is 16.8. The fraction of sp³-hybridized carbons (Fsp3) is 0.120. The lowest BCUT2D eigenvalue weighted by atomic mass is 10.1. The van der Waals surface area contributed by atoms with Crippen molar-refractivity contribution in [2.24, 2.45) is 0 Å². The Balaban J connectivity index is 1.68. The molecule has 3 aromatic carbocycles. The molecule has 1 heterocycles. The summed E-state index contributed by atoms with van der Waals surface area (Å²) in [6.07, 6.45) is 1.77. The molecule has 0 saturated heterocycles. The van der Waals surface area contributed by atoms with Gasteiger partial charge in [-0.3, -0.25) is 0 Å². The molecule has 4 rings (SSSR count). The number of pyridine rings is 1. The molecule has 0 aliphatic rings. The van der Waals surface area contributed by atoms with Gasteiger partial charge in [-0.15, -0.1) is 0 Å². The van der Waals surface area contributed by atoms with E-state index in [1.165, 1.54) is 0 Å². The van der Waals surface area contributed by atoms with Gasteiger partial charge in [0.1, 0.15) is 17.3 Å². The molecule has 0 spiro atoms. The van der Waals surface area contributed by atoms with E-state index in [9.17, 15) is 4.79 Å². The van der Waals surface area contributed by atoms with E-state index in [1.54, 1.807) is 18.3 Å². The lowest BCUT2D eigenvalue weighted by Gasteiger charge is -2.18. The van der Waals surface area contributed by atoms with Crippen LogP contribution in [-0.2, 0) is 0 Å². The van der Waals surface area contributed by atoms with Gasteiger partial charge in [-0.25, -0.2) is 9.78 Å². The Kier molecular flexibility index (Phi) is 5.35. The first-order chi connectivity index (χ1) is 14.5. The summed E-state index contributed by atoms with van der Waals surface area (Å²) in [7, 11) is 0. The Hall–Kier alpha value is -3.86. The van der Waals surface area contributed by atoms with Crippen molar-refractivity contribution < 1.29 is 14.6 Å². The van der Waals surface area contributed by atoms with Gasteiger partial charge < -0.3 is 15.2 Å². The number of hydrogen-bond acceptors (Lipinski definition) is 4. The molecule has 0 radical (unpaired) electrons. The molecule has 0 bridgehead atoms. The molecule has 0 saturated carbocycles. The Morgan fingerprint density at radius 2 is 1.70 bits per heavy atom. The van der Waals surface area contributed by atoms with Crippen molar-refractivity contribution in [1.29, 1.82) is 0 Å². The highest BCUT2D eigenvalue weighted by atomic mass is 16.5. The molecule has 0 unspecified atom stereocenters. The number of aromatic nitrogens is 1. The summed E-state index contributed by atoms with van der Waals surface area (Å²) in [6.45, 7) is 4.03. The molecule has 4 aromatic rings. The number of carboxylic acids is 1. The number of aryl methyl sites for hydroxylation is 1. The average molecular weight is 398 g/mol. The van der Waals surface area contributed by atoms with E-state index in [0.29, 0.717) is 5.82 Å². The van der Waals surface area contributed by atoms with Gasteiger partial charge >= 0.3 is 5.97 Å². The molecular formula is C25H22N2O3. The quantitative estimate of drug-likeness (QED) is 0.404. The number of fused-ring (bicyclic) bond motifs is 1. The molecule has 0 aliphatic carbocycles. The Morgan fingerprint density at radius 3 is 2.43 bits per heavy atom. The highest BCUT2D eigenvalue weighted by Gasteiger charge is 2.14. The third-order valence-electron chi connectivity index (χ3n) is 5.08. The first-order valence-electron chi connectivity index (χ1n) is 9.74. The number of rotatable bonds is 6. The van der Waals surface area contributed by atoms with Crippen molar-refractivity contribution in [1.82, 2.24) is 4.98 Å².